The van der Waals surface area contributed by atoms with E-state index in [0.717, 1.165) is 20.3 Å². The molecule has 0 unspecified atom stereocenters. The number of methoxy groups -OCH3 is 1. The molecule has 0 saturated carbocycles. The maximum Gasteiger partial charge on any atom is 0.337 e. The molecule has 0 fully saturated rings. The Morgan fingerprint density at radius 2 is 1.91 bits per heavy atom. The van der Waals surface area contributed by atoms with Crippen LogP contribution in [-0.2, 0) is 6.54 Å². The molecular formula is C15H12Br2ClNO3. The summed E-state index contributed by atoms with van der Waals surface area (Å²) in [5.41, 5.74) is 1.76. The van der Waals surface area contributed by atoms with E-state index in [2.05, 4.69) is 37.2 Å². The minimum atomic E-state index is -1.05. The second kappa shape index (κ2) is 7.35. The summed E-state index contributed by atoms with van der Waals surface area (Å²) in [5, 5.41) is 12.5. The molecule has 2 aromatic carbocycles. The number of halogens is 3. The molecule has 4 nitrogen and oxygen atoms in total. The summed E-state index contributed by atoms with van der Waals surface area (Å²) < 4.78 is 6.93. The minimum absolute atomic E-state index is 0.0729. The van der Waals surface area contributed by atoms with Crippen LogP contribution in [0, 0.1) is 0 Å². The smallest absolute Gasteiger partial charge is 0.337 e. The predicted molar refractivity (Wildman–Crippen MR) is 94.1 cm³/mol. The van der Waals surface area contributed by atoms with Crippen molar-refractivity contribution in [3.05, 3.63) is 55.4 Å². The monoisotopic (exact) mass is 447 g/mol. The fourth-order valence-electron chi connectivity index (χ4n) is 1.91. The van der Waals surface area contributed by atoms with E-state index in [1.54, 1.807) is 19.2 Å². The first-order valence-corrected chi connectivity index (χ1v) is 8.17. The van der Waals surface area contributed by atoms with Gasteiger partial charge >= 0.3 is 5.97 Å². The van der Waals surface area contributed by atoms with Crippen LogP contribution in [0.4, 0.5) is 5.69 Å². The summed E-state index contributed by atoms with van der Waals surface area (Å²) in [7, 11) is 1.60. The van der Waals surface area contributed by atoms with Crippen LogP contribution in [0.5, 0.6) is 5.75 Å². The quantitative estimate of drug-likeness (QED) is 0.660. The lowest BCUT2D eigenvalue weighted by atomic mass is 10.1. The molecule has 0 saturated heterocycles. The third-order valence-electron chi connectivity index (χ3n) is 2.96. The Labute approximate surface area is 149 Å². The Bertz CT molecular complexity index is 699. The van der Waals surface area contributed by atoms with Gasteiger partial charge in [0.05, 0.1) is 26.6 Å². The van der Waals surface area contributed by atoms with Crippen molar-refractivity contribution in [2.75, 3.05) is 12.4 Å². The van der Waals surface area contributed by atoms with Crippen molar-refractivity contribution in [2.45, 2.75) is 6.54 Å². The fraction of sp³-hybridized carbons (Fsp3) is 0.133. The van der Waals surface area contributed by atoms with Crippen molar-refractivity contribution >= 4 is 55.1 Å². The highest BCUT2D eigenvalue weighted by Crippen LogP contribution is 2.34. The van der Waals surface area contributed by atoms with Crippen LogP contribution in [0.2, 0.25) is 5.02 Å². The SMILES string of the molecule is COc1c(Br)cc(CNc2ccc(Cl)c(C(=O)O)c2)cc1Br. The Balaban J connectivity index is 2.17. The van der Waals surface area contributed by atoms with Crippen molar-refractivity contribution < 1.29 is 14.6 Å². The van der Waals surface area contributed by atoms with Gasteiger partial charge in [-0.3, -0.25) is 0 Å². The second-order valence-corrected chi connectivity index (χ2v) is 6.56. The zero-order chi connectivity index (χ0) is 16.3. The standard InChI is InChI=1S/C15H12Br2ClNO3/c1-22-14-11(16)4-8(5-12(14)17)7-19-9-2-3-13(18)10(6-9)15(20)21/h2-6,19H,7H2,1H3,(H,20,21). The van der Waals surface area contributed by atoms with Gasteiger partial charge in [0, 0.05) is 12.2 Å². The van der Waals surface area contributed by atoms with Crippen molar-refractivity contribution in [3.63, 3.8) is 0 Å². The van der Waals surface area contributed by atoms with E-state index in [4.69, 9.17) is 21.4 Å². The number of aromatic carboxylic acids is 1. The molecule has 0 bridgehead atoms. The number of ether oxygens (including phenoxy) is 1. The first kappa shape index (κ1) is 17.1. The van der Waals surface area contributed by atoms with Crippen molar-refractivity contribution in [1.29, 1.82) is 0 Å². The largest absolute Gasteiger partial charge is 0.494 e. The number of hydrogen-bond acceptors (Lipinski definition) is 3. The number of rotatable bonds is 5. The molecular weight excluding hydrogens is 437 g/mol. The number of carboxylic acids is 1. The Morgan fingerprint density at radius 3 is 2.45 bits per heavy atom. The molecule has 22 heavy (non-hydrogen) atoms. The fourth-order valence-corrected chi connectivity index (χ4v) is 3.72. The number of nitrogens with one attached hydrogen (secondary N) is 1. The zero-order valence-electron chi connectivity index (χ0n) is 11.5. The summed E-state index contributed by atoms with van der Waals surface area (Å²) >= 11 is 12.7. The molecule has 2 aromatic rings. The van der Waals surface area contributed by atoms with Crippen molar-refractivity contribution in [2.24, 2.45) is 0 Å². The highest BCUT2D eigenvalue weighted by molar-refractivity contribution is 9.11. The third kappa shape index (κ3) is 3.94. The van der Waals surface area contributed by atoms with Crippen molar-refractivity contribution in [1.82, 2.24) is 0 Å². The van der Waals surface area contributed by atoms with Crippen molar-refractivity contribution in [3.8, 4) is 5.75 Å². The maximum absolute atomic E-state index is 11.1. The molecule has 0 aliphatic carbocycles. The molecule has 0 spiro atoms. The second-order valence-electron chi connectivity index (χ2n) is 4.45. The van der Waals surface area contributed by atoms with Gasteiger partial charge in [-0.05, 0) is 67.8 Å². The lowest BCUT2D eigenvalue weighted by molar-refractivity contribution is 0.0697. The Kier molecular flexibility index (Phi) is 5.72. The van der Waals surface area contributed by atoms with Gasteiger partial charge in [0.25, 0.3) is 0 Å². The van der Waals surface area contributed by atoms with E-state index in [0.29, 0.717) is 12.2 Å². The van der Waals surface area contributed by atoms with Gasteiger partial charge in [-0.25, -0.2) is 4.79 Å². The summed E-state index contributed by atoms with van der Waals surface area (Å²) in [4.78, 5) is 11.1. The predicted octanol–water partition coefficient (Wildman–Crippen LogP) is 5.18. The van der Waals surface area contributed by atoms with E-state index in [-0.39, 0.29) is 10.6 Å². The molecule has 116 valence electrons. The summed E-state index contributed by atoms with van der Waals surface area (Å²) in [6, 6.07) is 8.68. The van der Waals surface area contributed by atoms with E-state index >= 15 is 0 Å². The number of benzene rings is 2. The molecule has 2 N–H and O–H groups in total. The molecule has 0 aliphatic rings. The van der Waals surface area contributed by atoms with Gasteiger partial charge in [0.2, 0.25) is 0 Å². The Morgan fingerprint density at radius 1 is 1.27 bits per heavy atom. The van der Waals surface area contributed by atoms with E-state index in [1.807, 2.05) is 12.1 Å². The highest BCUT2D eigenvalue weighted by atomic mass is 79.9. The molecule has 0 atom stereocenters. The number of carboxylic acid groups (broad SMARTS) is 1. The van der Waals surface area contributed by atoms with Gasteiger partial charge in [-0.2, -0.15) is 0 Å². The van der Waals surface area contributed by atoms with Gasteiger partial charge in [-0.1, -0.05) is 11.6 Å². The summed E-state index contributed by atoms with van der Waals surface area (Å²) in [6.07, 6.45) is 0. The minimum Gasteiger partial charge on any atom is -0.494 e. The van der Waals surface area contributed by atoms with Gasteiger partial charge in [0.15, 0.2) is 0 Å². The molecule has 7 heteroatoms. The molecule has 0 radical (unpaired) electrons. The number of hydrogen-bond donors (Lipinski definition) is 2. The zero-order valence-corrected chi connectivity index (χ0v) is 15.4. The Hall–Kier alpha value is -1.24. The first-order valence-electron chi connectivity index (χ1n) is 6.21. The molecule has 0 heterocycles. The molecule has 2 rings (SSSR count). The normalized spacial score (nSPS) is 10.4. The van der Waals surface area contributed by atoms with Crippen LogP contribution in [-0.4, -0.2) is 18.2 Å². The lowest BCUT2D eigenvalue weighted by Crippen LogP contribution is -2.03. The van der Waals surface area contributed by atoms with E-state index in [1.165, 1.54) is 6.07 Å². The van der Waals surface area contributed by atoms with Gasteiger partial charge < -0.3 is 15.2 Å². The van der Waals surface area contributed by atoms with Crippen LogP contribution >= 0.6 is 43.5 Å². The summed E-state index contributed by atoms with van der Waals surface area (Å²) in [5.74, 6) is -0.327. The first-order chi connectivity index (χ1) is 10.4. The maximum atomic E-state index is 11.1. The van der Waals surface area contributed by atoms with Crippen LogP contribution in [0.25, 0.3) is 0 Å². The number of carbonyl (C=O) groups is 1. The lowest BCUT2D eigenvalue weighted by Gasteiger charge is -2.11. The van der Waals surface area contributed by atoms with Gasteiger partial charge in [0.1, 0.15) is 5.75 Å². The third-order valence-corrected chi connectivity index (χ3v) is 4.46. The topological polar surface area (TPSA) is 58.6 Å². The molecule has 0 amide bonds. The van der Waals surface area contributed by atoms with Crippen LogP contribution in [0.1, 0.15) is 15.9 Å². The average molecular weight is 450 g/mol. The van der Waals surface area contributed by atoms with E-state index in [9.17, 15) is 4.79 Å². The number of anilines is 1. The van der Waals surface area contributed by atoms with Crippen LogP contribution < -0.4 is 10.1 Å². The molecule has 0 aromatic heterocycles. The van der Waals surface area contributed by atoms with Crippen LogP contribution in [0.15, 0.2) is 39.3 Å². The molecule has 0 aliphatic heterocycles. The summed E-state index contributed by atoms with van der Waals surface area (Å²) in [6.45, 7) is 0.530. The van der Waals surface area contributed by atoms with E-state index < -0.39 is 5.97 Å². The highest BCUT2D eigenvalue weighted by Gasteiger charge is 2.10. The van der Waals surface area contributed by atoms with Crippen LogP contribution in [0.3, 0.4) is 0 Å². The average Bonchev–Trinajstić information content (AvgIpc) is 2.46. The van der Waals surface area contributed by atoms with Gasteiger partial charge in [-0.15, -0.1) is 0 Å².